The summed E-state index contributed by atoms with van der Waals surface area (Å²) in [6.07, 6.45) is 0. The van der Waals surface area contributed by atoms with E-state index in [2.05, 4.69) is 38.2 Å². The van der Waals surface area contributed by atoms with Crippen molar-refractivity contribution in [2.45, 2.75) is 13.8 Å². The minimum Gasteiger partial charge on any atom is -0.396 e. The Bertz CT molecular complexity index is 115. The average molecular weight is 188 g/mol. The van der Waals surface area contributed by atoms with Crippen molar-refractivity contribution in [3.63, 3.8) is 0 Å². The molecule has 1 unspecified atom stereocenters. The highest BCUT2D eigenvalue weighted by atomic mass is 16.3. The lowest BCUT2D eigenvalue weighted by atomic mass is 9.97. The first-order valence-corrected chi connectivity index (χ1v) is 5.04. The summed E-state index contributed by atoms with van der Waals surface area (Å²) in [6, 6.07) is 0. The molecule has 0 aromatic rings. The van der Waals surface area contributed by atoms with Crippen molar-refractivity contribution < 1.29 is 5.11 Å². The SMILES string of the molecule is CC(C)C(CO)CNCCN(C)C. The molecule has 2 N–H and O–H groups in total. The number of nitrogens with one attached hydrogen (secondary N) is 1. The molecule has 0 aliphatic rings. The van der Waals surface area contributed by atoms with E-state index in [-0.39, 0.29) is 6.61 Å². The summed E-state index contributed by atoms with van der Waals surface area (Å²) in [6.45, 7) is 7.55. The zero-order valence-electron chi connectivity index (χ0n) is 9.38. The second kappa shape index (κ2) is 7.30. The molecule has 0 radical (unpaired) electrons. The summed E-state index contributed by atoms with van der Waals surface area (Å²) in [7, 11) is 4.13. The monoisotopic (exact) mass is 188 g/mol. The lowest BCUT2D eigenvalue weighted by molar-refractivity contribution is 0.185. The first-order chi connectivity index (χ1) is 6.07. The topological polar surface area (TPSA) is 35.5 Å². The predicted molar refractivity (Wildman–Crippen MR) is 56.8 cm³/mol. The Labute approximate surface area is 82.1 Å². The van der Waals surface area contributed by atoms with Crippen LogP contribution in [0, 0.1) is 11.8 Å². The van der Waals surface area contributed by atoms with Crippen molar-refractivity contribution in [1.29, 1.82) is 0 Å². The van der Waals surface area contributed by atoms with E-state index in [1.807, 2.05) is 0 Å². The van der Waals surface area contributed by atoms with Gasteiger partial charge in [-0.05, 0) is 25.9 Å². The second-order valence-corrected chi connectivity index (χ2v) is 4.19. The molecular formula is C10H24N2O. The van der Waals surface area contributed by atoms with Crippen molar-refractivity contribution in [2.75, 3.05) is 40.3 Å². The van der Waals surface area contributed by atoms with E-state index in [1.54, 1.807) is 0 Å². The normalized spacial score (nSPS) is 14.1. The Morgan fingerprint density at radius 2 is 1.92 bits per heavy atom. The van der Waals surface area contributed by atoms with Crippen molar-refractivity contribution in [3.8, 4) is 0 Å². The van der Waals surface area contributed by atoms with Gasteiger partial charge in [0.25, 0.3) is 0 Å². The van der Waals surface area contributed by atoms with Crippen LogP contribution in [-0.2, 0) is 0 Å². The molecule has 0 heterocycles. The van der Waals surface area contributed by atoms with E-state index in [0.29, 0.717) is 11.8 Å². The molecule has 0 aromatic carbocycles. The molecule has 0 aliphatic heterocycles. The second-order valence-electron chi connectivity index (χ2n) is 4.19. The molecule has 0 aliphatic carbocycles. The van der Waals surface area contributed by atoms with Crippen LogP contribution in [0.3, 0.4) is 0 Å². The van der Waals surface area contributed by atoms with Crippen LogP contribution in [0.1, 0.15) is 13.8 Å². The van der Waals surface area contributed by atoms with Gasteiger partial charge in [0.2, 0.25) is 0 Å². The molecule has 3 heteroatoms. The Hall–Kier alpha value is -0.120. The van der Waals surface area contributed by atoms with Gasteiger partial charge in [-0.25, -0.2) is 0 Å². The van der Waals surface area contributed by atoms with Crippen LogP contribution < -0.4 is 5.32 Å². The minimum atomic E-state index is 0.284. The van der Waals surface area contributed by atoms with Crippen LogP contribution in [-0.4, -0.2) is 50.3 Å². The van der Waals surface area contributed by atoms with Gasteiger partial charge in [-0.3, -0.25) is 0 Å². The number of hydrogen-bond donors (Lipinski definition) is 2. The average Bonchev–Trinajstić information content (AvgIpc) is 2.03. The van der Waals surface area contributed by atoms with E-state index in [9.17, 15) is 0 Å². The maximum Gasteiger partial charge on any atom is 0.0473 e. The third kappa shape index (κ3) is 6.99. The highest BCUT2D eigenvalue weighted by Gasteiger charge is 2.10. The van der Waals surface area contributed by atoms with E-state index in [0.717, 1.165) is 19.6 Å². The standard InChI is InChI=1S/C10H24N2O/c1-9(2)10(8-13)7-11-5-6-12(3)4/h9-11,13H,5-8H2,1-4H3. The molecular weight excluding hydrogens is 164 g/mol. The van der Waals surface area contributed by atoms with Crippen molar-refractivity contribution in [1.82, 2.24) is 10.2 Å². The lowest BCUT2D eigenvalue weighted by Crippen LogP contribution is -2.33. The molecule has 0 saturated carbocycles. The van der Waals surface area contributed by atoms with E-state index < -0.39 is 0 Å². The van der Waals surface area contributed by atoms with Crippen LogP contribution in [0.2, 0.25) is 0 Å². The van der Waals surface area contributed by atoms with Crippen molar-refractivity contribution in [3.05, 3.63) is 0 Å². The third-order valence-electron chi connectivity index (χ3n) is 2.32. The number of nitrogens with zero attached hydrogens (tertiary/aromatic N) is 1. The van der Waals surface area contributed by atoms with Gasteiger partial charge in [-0.1, -0.05) is 13.8 Å². The Balaban J connectivity index is 3.39. The molecule has 0 fully saturated rings. The lowest BCUT2D eigenvalue weighted by Gasteiger charge is -2.19. The quantitative estimate of drug-likeness (QED) is 0.568. The van der Waals surface area contributed by atoms with Crippen molar-refractivity contribution in [2.24, 2.45) is 11.8 Å². The van der Waals surface area contributed by atoms with Crippen LogP contribution in [0.4, 0.5) is 0 Å². The summed E-state index contributed by atoms with van der Waals surface area (Å²) in [4.78, 5) is 2.15. The summed E-state index contributed by atoms with van der Waals surface area (Å²) in [5.41, 5.74) is 0. The molecule has 0 spiro atoms. The van der Waals surface area contributed by atoms with Gasteiger partial charge in [0.15, 0.2) is 0 Å². The molecule has 0 rings (SSSR count). The predicted octanol–water partition coefficient (Wildman–Crippen LogP) is 0.402. The molecule has 80 valence electrons. The Morgan fingerprint density at radius 3 is 2.31 bits per heavy atom. The molecule has 0 bridgehead atoms. The first kappa shape index (κ1) is 12.9. The van der Waals surface area contributed by atoms with Gasteiger partial charge in [-0.2, -0.15) is 0 Å². The fourth-order valence-corrected chi connectivity index (χ4v) is 1.10. The van der Waals surface area contributed by atoms with Crippen LogP contribution >= 0.6 is 0 Å². The number of hydrogen-bond acceptors (Lipinski definition) is 3. The number of aliphatic hydroxyl groups is 1. The molecule has 0 amide bonds. The van der Waals surface area contributed by atoms with Gasteiger partial charge in [0, 0.05) is 26.2 Å². The zero-order chi connectivity index (χ0) is 10.3. The first-order valence-electron chi connectivity index (χ1n) is 5.04. The minimum absolute atomic E-state index is 0.284. The number of likely N-dealkylation sites (N-methyl/N-ethyl adjacent to an activating group) is 1. The van der Waals surface area contributed by atoms with Gasteiger partial charge in [0.05, 0.1) is 0 Å². The maximum absolute atomic E-state index is 9.05. The summed E-state index contributed by atoms with van der Waals surface area (Å²) < 4.78 is 0. The molecule has 0 saturated heterocycles. The van der Waals surface area contributed by atoms with Gasteiger partial charge in [-0.15, -0.1) is 0 Å². The number of rotatable bonds is 7. The van der Waals surface area contributed by atoms with E-state index in [4.69, 9.17) is 5.11 Å². The maximum atomic E-state index is 9.05. The number of aliphatic hydroxyl groups excluding tert-OH is 1. The summed E-state index contributed by atoms with van der Waals surface area (Å²) in [5, 5.41) is 12.4. The zero-order valence-corrected chi connectivity index (χ0v) is 9.38. The van der Waals surface area contributed by atoms with Crippen LogP contribution in [0.25, 0.3) is 0 Å². The van der Waals surface area contributed by atoms with E-state index in [1.165, 1.54) is 0 Å². The summed E-state index contributed by atoms with van der Waals surface area (Å²) >= 11 is 0. The van der Waals surface area contributed by atoms with Crippen molar-refractivity contribution >= 4 is 0 Å². The highest BCUT2D eigenvalue weighted by molar-refractivity contribution is 4.64. The Kier molecular flexibility index (Phi) is 7.23. The fraction of sp³-hybridized carbons (Fsp3) is 1.00. The van der Waals surface area contributed by atoms with Gasteiger partial charge >= 0.3 is 0 Å². The molecule has 13 heavy (non-hydrogen) atoms. The smallest absolute Gasteiger partial charge is 0.0473 e. The van der Waals surface area contributed by atoms with Crippen LogP contribution in [0.15, 0.2) is 0 Å². The van der Waals surface area contributed by atoms with Gasteiger partial charge < -0.3 is 15.3 Å². The third-order valence-corrected chi connectivity index (χ3v) is 2.32. The molecule has 1 atom stereocenters. The highest BCUT2D eigenvalue weighted by Crippen LogP contribution is 2.07. The fourth-order valence-electron chi connectivity index (χ4n) is 1.10. The Morgan fingerprint density at radius 1 is 1.31 bits per heavy atom. The van der Waals surface area contributed by atoms with E-state index >= 15 is 0 Å². The molecule has 3 nitrogen and oxygen atoms in total. The largest absolute Gasteiger partial charge is 0.396 e. The molecule has 0 aromatic heterocycles. The van der Waals surface area contributed by atoms with Crippen LogP contribution in [0.5, 0.6) is 0 Å². The summed E-state index contributed by atoms with van der Waals surface area (Å²) in [5.74, 6) is 0.944. The van der Waals surface area contributed by atoms with Gasteiger partial charge in [0.1, 0.15) is 0 Å².